The molecule has 0 radical (unpaired) electrons. The number of hydrogen-bond acceptors (Lipinski definition) is 3. The number of carbonyl (C=O) groups excluding carboxylic acids is 1. The van der Waals surface area contributed by atoms with Crippen LogP contribution in [0.25, 0.3) is 22.6 Å². The van der Waals surface area contributed by atoms with Gasteiger partial charge in [-0.1, -0.05) is 28.1 Å². The highest BCUT2D eigenvalue weighted by molar-refractivity contribution is 9.10. The Hall–Kier alpha value is -2.21. The highest BCUT2D eigenvalue weighted by Crippen LogP contribution is 2.26. The van der Waals surface area contributed by atoms with Gasteiger partial charge < -0.3 is 4.90 Å². The van der Waals surface area contributed by atoms with E-state index in [9.17, 15) is 4.79 Å². The number of halogens is 1. The summed E-state index contributed by atoms with van der Waals surface area (Å²) in [5.74, 6) is 0.918. The molecule has 1 fully saturated rings. The summed E-state index contributed by atoms with van der Waals surface area (Å²) in [6.07, 6.45) is 5.14. The van der Waals surface area contributed by atoms with Crippen LogP contribution in [0.5, 0.6) is 0 Å². The van der Waals surface area contributed by atoms with Crippen LogP contribution in [0.15, 0.2) is 47.1 Å². The van der Waals surface area contributed by atoms with Crippen molar-refractivity contribution >= 4 is 33.0 Å². The zero-order valence-electron chi connectivity index (χ0n) is 13.9. The van der Waals surface area contributed by atoms with E-state index >= 15 is 0 Å². The van der Waals surface area contributed by atoms with Crippen LogP contribution in [0.4, 0.5) is 0 Å². The summed E-state index contributed by atoms with van der Waals surface area (Å²) in [6.45, 7) is 1.98. The maximum Gasteiger partial charge on any atom is 0.242 e. The third-order valence-electron chi connectivity index (χ3n) is 4.59. The summed E-state index contributed by atoms with van der Waals surface area (Å²) in [7, 11) is 0. The average molecular weight is 399 g/mol. The van der Waals surface area contributed by atoms with Crippen molar-refractivity contribution in [3.05, 3.63) is 47.1 Å². The fraction of sp³-hybridized carbons (Fsp3) is 0.316. The molecule has 25 heavy (non-hydrogen) atoms. The molecule has 1 saturated heterocycles. The van der Waals surface area contributed by atoms with E-state index in [1.807, 2.05) is 45.9 Å². The molecular weight excluding hydrogens is 380 g/mol. The minimum Gasteiger partial charge on any atom is -0.341 e. The first-order chi connectivity index (χ1) is 12.2. The summed E-state index contributed by atoms with van der Waals surface area (Å²) in [5, 5.41) is 0. The molecule has 0 spiro atoms. The Bertz CT molecular complexity index is 915. The molecule has 1 aromatic carbocycles. The van der Waals surface area contributed by atoms with E-state index < -0.39 is 0 Å². The van der Waals surface area contributed by atoms with Gasteiger partial charge in [0.15, 0.2) is 5.65 Å². The first-order valence-corrected chi connectivity index (χ1v) is 9.36. The monoisotopic (exact) mass is 398 g/mol. The molecule has 0 unspecified atom stereocenters. The predicted octanol–water partition coefficient (Wildman–Crippen LogP) is 3.87. The van der Waals surface area contributed by atoms with Gasteiger partial charge in [0.25, 0.3) is 0 Å². The molecule has 3 aromatic rings. The lowest BCUT2D eigenvalue weighted by Crippen LogP contribution is -2.37. The van der Waals surface area contributed by atoms with Crippen molar-refractivity contribution in [2.45, 2.75) is 25.8 Å². The Balaban J connectivity index is 1.75. The van der Waals surface area contributed by atoms with Crippen LogP contribution in [0, 0.1) is 0 Å². The van der Waals surface area contributed by atoms with E-state index in [1.165, 1.54) is 6.42 Å². The molecule has 128 valence electrons. The van der Waals surface area contributed by atoms with Crippen molar-refractivity contribution in [2.24, 2.45) is 0 Å². The lowest BCUT2D eigenvalue weighted by Gasteiger charge is -2.27. The van der Waals surface area contributed by atoms with Gasteiger partial charge in [0, 0.05) is 29.3 Å². The lowest BCUT2D eigenvalue weighted by atomic mass is 10.1. The number of hydrogen-bond donors (Lipinski definition) is 0. The van der Waals surface area contributed by atoms with Crippen LogP contribution >= 0.6 is 15.9 Å². The number of benzene rings is 1. The van der Waals surface area contributed by atoms with Gasteiger partial charge in [-0.25, -0.2) is 9.97 Å². The third-order valence-corrected chi connectivity index (χ3v) is 5.08. The normalized spacial score (nSPS) is 14.8. The summed E-state index contributed by atoms with van der Waals surface area (Å²) < 4.78 is 2.92. The molecule has 2 aromatic heterocycles. The van der Waals surface area contributed by atoms with Crippen molar-refractivity contribution in [3.63, 3.8) is 0 Å². The quantitative estimate of drug-likeness (QED) is 0.672. The van der Waals surface area contributed by atoms with Gasteiger partial charge in [0.1, 0.15) is 17.9 Å². The lowest BCUT2D eigenvalue weighted by molar-refractivity contribution is -0.132. The van der Waals surface area contributed by atoms with Gasteiger partial charge in [0.2, 0.25) is 5.91 Å². The Morgan fingerprint density at radius 3 is 2.76 bits per heavy atom. The smallest absolute Gasteiger partial charge is 0.242 e. The van der Waals surface area contributed by atoms with Crippen LogP contribution in [-0.4, -0.2) is 38.4 Å². The largest absolute Gasteiger partial charge is 0.341 e. The maximum atomic E-state index is 12.8. The summed E-state index contributed by atoms with van der Waals surface area (Å²) in [5.41, 5.74) is 2.53. The van der Waals surface area contributed by atoms with Crippen molar-refractivity contribution < 1.29 is 4.79 Å². The Morgan fingerprint density at radius 2 is 1.96 bits per heavy atom. The first-order valence-electron chi connectivity index (χ1n) is 8.57. The fourth-order valence-corrected chi connectivity index (χ4v) is 3.73. The number of amides is 1. The second-order valence-corrected chi connectivity index (χ2v) is 7.24. The summed E-state index contributed by atoms with van der Waals surface area (Å²) in [6, 6.07) is 11.8. The van der Waals surface area contributed by atoms with Crippen LogP contribution < -0.4 is 0 Å². The number of fused-ring (bicyclic) bond motifs is 1. The highest BCUT2D eigenvalue weighted by Gasteiger charge is 2.21. The average Bonchev–Trinajstić information content (AvgIpc) is 3.01. The molecule has 0 atom stereocenters. The molecular formula is C19H19BrN4O. The Labute approximate surface area is 154 Å². The van der Waals surface area contributed by atoms with E-state index in [0.29, 0.717) is 0 Å². The molecule has 0 bridgehead atoms. The second-order valence-electron chi connectivity index (χ2n) is 6.32. The zero-order valence-corrected chi connectivity index (χ0v) is 15.4. The number of imidazole rings is 1. The van der Waals surface area contributed by atoms with Crippen molar-refractivity contribution in [1.82, 2.24) is 19.4 Å². The second kappa shape index (κ2) is 6.96. The van der Waals surface area contributed by atoms with Gasteiger partial charge in [-0.3, -0.25) is 9.36 Å². The molecule has 0 aliphatic carbocycles. The van der Waals surface area contributed by atoms with Gasteiger partial charge >= 0.3 is 0 Å². The molecule has 3 heterocycles. The first kappa shape index (κ1) is 16.3. The van der Waals surface area contributed by atoms with E-state index in [1.54, 1.807) is 6.20 Å². The van der Waals surface area contributed by atoms with E-state index in [2.05, 4.69) is 20.9 Å². The number of rotatable bonds is 3. The van der Waals surface area contributed by atoms with E-state index in [-0.39, 0.29) is 12.5 Å². The van der Waals surface area contributed by atoms with Crippen LogP contribution in [-0.2, 0) is 11.3 Å². The van der Waals surface area contributed by atoms with Gasteiger partial charge in [-0.2, -0.15) is 0 Å². The van der Waals surface area contributed by atoms with E-state index in [0.717, 1.165) is 53.0 Å². The third kappa shape index (κ3) is 3.31. The zero-order chi connectivity index (χ0) is 17.2. The number of carbonyl (C=O) groups is 1. The molecule has 0 saturated carbocycles. The number of likely N-dealkylation sites (tertiary alicyclic amines) is 1. The fourth-order valence-electron chi connectivity index (χ4n) is 3.33. The molecule has 1 aliphatic heterocycles. The standard InChI is InChI=1S/C19H19BrN4O/c20-15-7-4-6-14(12-15)18-22-16-8-5-9-21-19(16)24(18)13-17(25)23-10-2-1-3-11-23/h4-9,12H,1-3,10-11,13H2. The number of nitrogens with zero attached hydrogens (tertiary/aromatic N) is 4. The Morgan fingerprint density at radius 1 is 1.12 bits per heavy atom. The van der Waals surface area contributed by atoms with Crippen molar-refractivity contribution in [1.29, 1.82) is 0 Å². The molecule has 0 N–H and O–H groups in total. The predicted molar refractivity (Wildman–Crippen MR) is 101 cm³/mol. The van der Waals surface area contributed by atoms with Gasteiger partial charge in [-0.15, -0.1) is 0 Å². The molecule has 4 rings (SSSR count). The van der Waals surface area contributed by atoms with Crippen LogP contribution in [0.1, 0.15) is 19.3 Å². The molecule has 6 heteroatoms. The Kier molecular flexibility index (Phi) is 4.53. The minimum absolute atomic E-state index is 0.140. The molecule has 1 amide bonds. The topological polar surface area (TPSA) is 51.0 Å². The minimum atomic E-state index is 0.140. The van der Waals surface area contributed by atoms with E-state index in [4.69, 9.17) is 4.98 Å². The summed E-state index contributed by atoms with van der Waals surface area (Å²) >= 11 is 3.51. The maximum absolute atomic E-state index is 12.8. The SMILES string of the molecule is O=C(Cn1c(-c2cccc(Br)c2)nc2cccnc21)N1CCCCC1. The summed E-state index contributed by atoms with van der Waals surface area (Å²) in [4.78, 5) is 24.0. The van der Waals surface area contributed by atoms with Crippen molar-refractivity contribution in [3.8, 4) is 11.4 Å². The number of pyridine rings is 1. The van der Waals surface area contributed by atoms with Crippen LogP contribution in [0.3, 0.4) is 0 Å². The number of piperidine rings is 1. The number of aromatic nitrogens is 3. The van der Waals surface area contributed by atoms with Crippen LogP contribution in [0.2, 0.25) is 0 Å². The highest BCUT2D eigenvalue weighted by atomic mass is 79.9. The van der Waals surface area contributed by atoms with Gasteiger partial charge in [0.05, 0.1) is 0 Å². The van der Waals surface area contributed by atoms with Crippen molar-refractivity contribution in [2.75, 3.05) is 13.1 Å². The molecule has 5 nitrogen and oxygen atoms in total. The van der Waals surface area contributed by atoms with Gasteiger partial charge in [-0.05, 0) is 43.5 Å². The molecule has 1 aliphatic rings.